The van der Waals surface area contributed by atoms with Crippen LogP contribution in [-0.2, 0) is 18.5 Å². The number of aromatic nitrogens is 6. The molecule has 0 saturated carbocycles. The molecule has 0 spiro atoms. The Kier molecular flexibility index (Phi) is 4.41. The standard InChI is InChI=1S/C13H11N7O3S/c1-3-4-23-8-19-7-16-9-10(19)14-5-15-12(9)24-13-11(20(21)22)17-6-18(13)2/h1,5-7H,4,8H2,2H3. The molecule has 0 amide bonds. The van der Waals surface area contributed by atoms with E-state index in [0.29, 0.717) is 21.2 Å². The number of nitro groups is 1. The summed E-state index contributed by atoms with van der Waals surface area (Å²) in [4.78, 5) is 26.9. The van der Waals surface area contributed by atoms with Crippen molar-refractivity contribution in [3.05, 3.63) is 29.1 Å². The van der Waals surface area contributed by atoms with Crippen LogP contribution in [0.2, 0.25) is 0 Å². The number of hydrogen-bond acceptors (Lipinski definition) is 8. The molecule has 0 atom stereocenters. The lowest BCUT2D eigenvalue weighted by molar-refractivity contribution is -0.392. The van der Waals surface area contributed by atoms with Gasteiger partial charge in [0, 0.05) is 7.05 Å². The number of nitrogens with zero attached hydrogens (tertiary/aromatic N) is 7. The summed E-state index contributed by atoms with van der Waals surface area (Å²) in [5.41, 5.74) is 1.07. The van der Waals surface area contributed by atoms with Crippen molar-refractivity contribution in [2.24, 2.45) is 7.05 Å². The molecule has 11 heteroatoms. The highest BCUT2D eigenvalue weighted by atomic mass is 32.2. The summed E-state index contributed by atoms with van der Waals surface area (Å²) in [7, 11) is 1.67. The monoisotopic (exact) mass is 345 g/mol. The second kappa shape index (κ2) is 6.65. The van der Waals surface area contributed by atoms with Gasteiger partial charge in [-0.25, -0.2) is 15.0 Å². The van der Waals surface area contributed by atoms with Gasteiger partial charge in [0.15, 0.2) is 10.7 Å². The van der Waals surface area contributed by atoms with E-state index < -0.39 is 4.92 Å². The van der Waals surface area contributed by atoms with E-state index in [0.717, 1.165) is 11.8 Å². The molecule has 0 N–H and O–H groups in total. The van der Waals surface area contributed by atoms with Crippen LogP contribution >= 0.6 is 11.8 Å². The van der Waals surface area contributed by atoms with E-state index in [1.54, 1.807) is 22.5 Å². The van der Waals surface area contributed by atoms with Gasteiger partial charge in [0.1, 0.15) is 30.2 Å². The zero-order chi connectivity index (χ0) is 17.1. The summed E-state index contributed by atoms with van der Waals surface area (Å²) in [6.07, 6.45) is 9.44. The van der Waals surface area contributed by atoms with Gasteiger partial charge in [0.25, 0.3) is 0 Å². The number of terminal acetylenes is 1. The molecule has 0 saturated heterocycles. The summed E-state index contributed by atoms with van der Waals surface area (Å²) in [6.45, 7) is 0.376. The minimum absolute atomic E-state index is 0.174. The smallest absolute Gasteiger partial charge is 0.358 e. The second-order valence-electron chi connectivity index (χ2n) is 4.59. The van der Waals surface area contributed by atoms with E-state index >= 15 is 0 Å². The van der Waals surface area contributed by atoms with Crippen molar-refractivity contribution < 1.29 is 9.66 Å². The van der Waals surface area contributed by atoms with Gasteiger partial charge < -0.3 is 19.4 Å². The highest BCUT2D eigenvalue weighted by molar-refractivity contribution is 7.99. The Bertz CT molecular complexity index is 943. The number of imidazole rings is 2. The number of hydrogen-bond donors (Lipinski definition) is 0. The van der Waals surface area contributed by atoms with E-state index in [9.17, 15) is 10.1 Å². The SMILES string of the molecule is C#CCOCn1cnc2c(Sc3c([N+](=O)[O-])ncn3C)ncnc21. The Hall–Kier alpha value is -2.97. The summed E-state index contributed by atoms with van der Waals surface area (Å²) >= 11 is 1.11. The Morgan fingerprint density at radius 2 is 2.21 bits per heavy atom. The van der Waals surface area contributed by atoms with Gasteiger partial charge in [0.2, 0.25) is 6.33 Å². The highest BCUT2D eigenvalue weighted by Gasteiger charge is 2.23. The minimum Gasteiger partial charge on any atom is -0.358 e. The average molecular weight is 345 g/mol. The first-order valence-corrected chi connectivity index (χ1v) is 7.44. The first-order chi connectivity index (χ1) is 11.6. The van der Waals surface area contributed by atoms with Crippen molar-refractivity contribution in [2.75, 3.05) is 6.61 Å². The molecule has 3 heterocycles. The topological polar surface area (TPSA) is 114 Å². The molecule has 3 aromatic rings. The number of rotatable bonds is 6. The lowest BCUT2D eigenvalue weighted by Gasteiger charge is -2.04. The predicted molar refractivity (Wildman–Crippen MR) is 84.1 cm³/mol. The van der Waals surface area contributed by atoms with E-state index in [4.69, 9.17) is 11.2 Å². The Balaban J connectivity index is 1.95. The van der Waals surface area contributed by atoms with Crippen molar-refractivity contribution in [3.8, 4) is 12.3 Å². The maximum Gasteiger partial charge on any atom is 0.396 e. The summed E-state index contributed by atoms with van der Waals surface area (Å²) < 4.78 is 8.50. The van der Waals surface area contributed by atoms with Crippen LogP contribution in [0.3, 0.4) is 0 Å². The molecule has 0 aliphatic heterocycles. The van der Waals surface area contributed by atoms with Gasteiger partial charge in [0.05, 0.1) is 6.33 Å². The fourth-order valence-electron chi connectivity index (χ4n) is 1.97. The number of ether oxygens (including phenoxy) is 1. The molecule has 0 aromatic carbocycles. The van der Waals surface area contributed by atoms with Gasteiger partial charge in [-0.15, -0.1) is 6.42 Å². The molecule has 0 aliphatic rings. The van der Waals surface area contributed by atoms with Crippen LogP contribution in [0, 0.1) is 22.5 Å². The van der Waals surface area contributed by atoms with Crippen LogP contribution in [0.5, 0.6) is 0 Å². The van der Waals surface area contributed by atoms with E-state index in [1.807, 2.05) is 0 Å². The number of fused-ring (bicyclic) bond motifs is 1. The normalized spacial score (nSPS) is 10.8. The Morgan fingerprint density at radius 1 is 1.38 bits per heavy atom. The third-order valence-electron chi connectivity index (χ3n) is 3.01. The third-order valence-corrected chi connectivity index (χ3v) is 4.17. The maximum absolute atomic E-state index is 11.1. The molecule has 3 aromatic heterocycles. The molecular weight excluding hydrogens is 334 g/mol. The van der Waals surface area contributed by atoms with Gasteiger partial charge >= 0.3 is 5.82 Å². The highest BCUT2D eigenvalue weighted by Crippen LogP contribution is 2.34. The second-order valence-corrected chi connectivity index (χ2v) is 5.57. The van der Waals surface area contributed by atoms with E-state index in [1.165, 1.54) is 12.7 Å². The fourth-order valence-corrected chi connectivity index (χ4v) is 2.91. The molecule has 24 heavy (non-hydrogen) atoms. The predicted octanol–water partition coefficient (Wildman–Crippen LogP) is 1.23. The van der Waals surface area contributed by atoms with Crippen LogP contribution in [-0.4, -0.2) is 40.6 Å². The molecule has 3 rings (SSSR count). The quantitative estimate of drug-likeness (QED) is 0.215. The fraction of sp³-hybridized carbons (Fsp3) is 0.231. The molecular formula is C13H11N7O3S. The third kappa shape index (κ3) is 2.92. The summed E-state index contributed by atoms with van der Waals surface area (Å²) in [5.74, 6) is 2.15. The van der Waals surface area contributed by atoms with Crippen molar-refractivity contribution in [3.63, 3.8) is 0 Å². The molecule has 10 nitrogen and oxygen atoms in total. The van der Waals surface area contributed by atoms with Crippen molar-refractivity contribution in [1.82, 2.24) is 29.1 Å². The summed E-state index contributed by atoms with van der Waals surface area (Å²) in [6, 6.07) is 0. The maximum atomic E-state index is 11.1. The first kappa shape index (κ1) is 15.9. The zero-order valence-corrected chi connectivity index (χ0v) is 13.3. The van der Waals surface area contributed by atoms with Crippen molar-refractivity contribution in [2.45, 2.75) is 16.8 Å². The molecule has 0 unspecified atom stereocenters. The van der Waals surface area contributed by atoms with Gasteiger partial charge in [-0.3, -0.25) is 4.57 Å². The van der Waals surface area contributed by atoms with Crippen LogP contribution in [0.25, 0.3) is 11.2 Å². The van der Waals surface area contributed by atoms with E-state index in [2.05, 4.69) is 25.9 Å². The molecule has 0 aliphatic carbocycles. The lowest BCUT2D eigenvalue weighted by atomic mass is 10.5. The van der Waals surface area contributed by atoms with Gasteiger partial charge in [-0.05, 0) is 21.7 Å². The van der Waals surface area contributed by atoms with Gasteiger partial charge in [-0.1, -0.05) is 5.92 Å². The Morgan fingerprint density at radius 3 is 2.96 bits per heavy atom. The van der Waals surface area contributed by atoms with E-state index in [-0.39, 0.29) is 19.2 Å². The molecule has 122 valence electrons. The van der Waals surface area contributed by atoms with Gasteiger partial charge in [-0.2, -0.15) is 0 Å². The van der Waals surface area contributed by atoms with Crippen LogP contribution in [0.1, 0.15) is 0 Å². The largest absolute Gasteiger partial charge is 0.396 e. The van der Waals surface area contributed by atoms with Crippen LogP contribution < -0.4 is 0 Å². The molecule has 0 radical (unpaired) electrons. The average Bonchev–Trinajstić information content (AvgIpc) is 3.13. The zero-order valence-electron chi connectivity index (χ0n) is 12.5. The first-order valence-electron chi connectivity index (χ1n) is 6.62. The summed E-state index contributed by atoms with van der Waals surface area (Å²) in [5, 5.41) is 11.9. The molecule has 0 fully saturated rings. The molecule has 0 bridgehead atoms. The van der Waals surface area contributed by atoms with Crippen LogP contribution in [0.15, 0.2) is 29.0 Å². The van der Waals surface area contributed by atoms with Crippen molar-refractivity contribution >= 4 is 28.7 Å². The van der Waals surface area contributed by atoms with Crippen molar-refractivity contribution in [1.29, 1.82) is 0 Å². The minimum atomic E-state index is -0.535. The number of aryl methyl sites for hydroxylation is 1. The Labute approximate surface area is 140 Å². The lowest BCUT2D eigenvalue weighted by Crippen LogP contribution is -2.02. The van der Waals surface area contributed by atoms with Crippen LogP contribution in [0.4, 0.5) is 5.82 Å².